The van der Waals surface area contributed by atoms with Crippen LogP contribution in [0.3, 0.4) is 0 Å². The van der Waals surface area contributed by atoms with E-state index in [1.165, 1.54) is 12.1 Å². The average molecular weight is 506 g/mol. The Morgan fingerprint density at radius 1 is 0.973 bits per heavy atom. The van der Waals surface area contributed by atoms with E-state index in [2.05, 4.69) is 30.7 Å². The summed E-state index contributed by atoms with van der Waals surface area (Å²) in [5, 5.41) is 18.4. The molecule has 188 valence electrons. The first-order chi connectivity index (χ1) is 17.7. The molecule has 10 nitrogen and oxygen atoms in total. The van der Waals surface area contributed by atoms with Crippen molar-refractivity contribution in [1.82, 2.24) is 20.1 Å². The Morgan fingerprint density at radius 2 is 1.73 bits per heavy atom. The van der Waals surface area contributed by atoms with Gasteiger partial charge in [0.1, 0.15) is 34.7 Å². The van der Waals surface area contributed by atoms with E-state index in [1.807, 2.05) is 30.3 Å². The molecule has 1 aliphatic carbocycles. The molecule has 3 N–H and O–H groups in total. The molecule has 1 amide bonds. The van der Waals surface area contributed by atoms with Crippen LogP contribution in [0.1, 0.15) is 11.4 Å². The number of aromatic nitrogens is 4. The number of nitrogens with one attached hydrogen (secondary N) is 2. The van der Waals surface area contributed by atoms with Crippen LogP contribution in [0.2, 0.25) is 0 Å². The highest BCUT2D eigenvalue weighted by atomic mass is 19.3. The van der Waals surface area contributed by atoms with Crippen LogP contribution in [0.5, 0.6) is 0 Å². The Balaban J connectivity index is 1.37. The van der Waals surface area contributed by atoms with E-state index >= 15 is 0 Å². The van der Waals surface area contributed by atoms with Crippen molar-refractivity contribution in [2.24, 2.45) is 11.8 Å². The highest BCUT2D eigenvalue weighted by Crippen LogP contribution is 2.55. The maximum atomic E-state index is 13.7. The Hall–Kier alpha value is -4.74. The third kappa shape index (κ3) is 4.48. The van der Waals surface area contributed by atoms with Crippen LogP contribution in [-0.2, 0) is 9.59 Å². The number of benzene rings is 1. The molecule has 0 unspecified atom stereocenters. The lowest BCUT2D eigenvalue weighted by molar-refractivity contribution is -0.141. The lowest BCUT2D eigenvalue weighted by atomic mass is 10.1. The molecule has 0 spiro atoms. The predicted molar refractivity (Wildman–Crippen MR) is 128 cm³/mol. The first-order valence-corrected chi connectivity index (χ1v) is 11.2. The second kappa shape index (κ2) is 9.04. The number of halogens is 2. The molecule has 5 rings (SSSR count). The van der Waals surface area contributed by atoms with E-state index in [0.29, 0.717) is 40.0 Å². The second-order valence-corrected chi connectivity index (χ2v) is 8.54. The molecule has 4 aromatic rings. The highest BCUT2D eigenvalue weighted by molar-refractivity contribution is 6.00. The summed E-state index contributed by atoms with van der Waals surface area (Å²) >= 11 is 0. The third-order valence-corrected chi connectivity index (χ3v) is 6.00. The van der Waals surface area contributed by atoms with Crippen LogP contribution in [0.15, 0.2) is 59.4 Å². The first kappa shape index (κ1) is 24.0. The van der Waals surface area contributed by atoms with Gasteiger partial charge in [0.2, 0.25) is 11.7 Å². The molecule has 37 heavy (non-hydrogen) atoms. The summed E-state index contributed by atoms with van der Waals surface area (Å²) in [6, 6.07) is 12.6. The van der Waals surface area contributed by atoms with Crippen LogP contribution in [0.4, 0.5) is 26.0 Å². The van der Waals surface area contributed by atoms with Crippen LogP contribution in [0, 0.1) is 25.7 Å². The van der Waals surface area contributed by atoms with Crippen LogP contribution in [0.25, 0.3) is 22.7 Å². The number of aliphatic carboxylic acids is 1. The second-order valence-electron chi connectivity index (χ2n) is 8.54. The maximum Gasteiger partial charge on any atom is 0.313 e. The normalized spacial score (nSPS) is 17.7. The van der Waals surface area contributed by atoms with Gasteiger partial charge in [0.25, 0.3) is 5.92 Å². The lowest BCUT2D eigenvalue weighted by Gasteiger charge is -2.10. The molecule has 2 atom stereocenters. The number of anilines is 3. The monoisotopic (exact) mass is 506 g/mol. The van der Waals surface area contributed by atoms with Crippen LogP contribution >= 0.6 is 0 Å². The van der Waals surface area contributed by atoms with Gasteiger partial charge in [-0.1, -0.05) is 35.5 Å². The number of carbonyl (C=O) groups excluding carboxylic acids is 1. The predicted octanol–water partition coefficient (Wildman–Crippen LogP) is 4.46. The van der Waals surface area contributed by atoms with E-state index in [-0.39, 0.29) is 5.69 Å². The van der Waals surface area contributed by atoms with Crippen molar-refractivity contribution in [3.63, 3.8) is 0 Å². The molecule has 1 fully saturated rings. The zero-order valence-electron chi connectivity index (χ0n) is 19.6. The number of pyridine rings is 1. The van der Waals surface area contributed by atoms with Gasteiger partial charge in [-0.05, 0) is 26.0 Å². The summed E-state index contributed by atoms with van der Waals surface area (Å²) in [6.45, 7) is 3.31. The van der Waals surface area contributed by atoms with Crippen molar-refractivity contribution in [3.8, 4) is 22.7 Å². The van der Waals surface area contributed by atoms with Gasteiger partial charge < -0.3 is 20.3 Å². The van der Waals surface area contributed by atoms with E-state index in [0.717, 1.165) is 5.56 Å². The van der Waals surface area contributed by atoms with Gasteiger partial charge in [0.15, 0.2) is 0 Å². The molecular formula is C25H20F2N6O4. The van der Waals surface area contributed by atoms with Gasteiger partial charge in [0.05, 0.1) is 29.5 Å². The molecule has 3 heterocycles. The molecule has 0 radical (unpaired) electrons. The highest BCUT2D eigenvalue weighted by Gasteiger charge is 2.76. The standard InChI is InChI=1S/C25H20F2N6O4/c1-12-15(31-23(34)19-20(24(35)36)25(19,26)27)8-9-16(29-12)22-21(13(2)33-37-22)32-18-11-28-10-17(30-18)14-6-4-3-5-7-14/h3-11,19-20H,1-2H3,(H,30,32)(H,31,34)(H,35,36)/t19-,20-/m0/s1. The van der Waals surface area contributed by atoms with Gasteiger partial charge in [-0.2, -0.15) is 0 Å². The number of hydrogen-bond acceptors (Lipinski definition) is 8. The number of aryl methyl sites for hydroxylation is 2. The number of carboxylic acid groups (broad SMARTS) is 1. The van der Waals surface area contributed by atoms with Crippen molar-refractivity contribution < 1.29 is 28.0 Å². The van der Waals surface area contributed by atoms with Crippen molar-refractivity contribution in [3.05, 3.63) is 66.2 Å². The smallest absolute Gasteiger partial charge is 0.313 e. The maximum absolute atomic E-state index is 13.7. The van der Waals surface area contributed by atoms with Crippen LogP contribution in [-0.4, -0.2) is 43.0 Å². The Kier molecular flexibility index (Phi) is 5.86. The van der Waals surface area contributed by atoms with Crippen molar-refractivity contribution >= 4 is 29.1 Å². The Bertz CT molecular complexity index is 1510. The van der Waals surface area contributed by atoms with E-state index < -0.39 is 29.6 Å². The minimum absolute atomic E-state index is 0.174. The fourth-order valence-corrected chi connectivity index (χ4v) is 3.98. The van der Waals surface area contributed by atoms with Gasteiger partial charge in [-0.25, -0.2) is 18.7 Å². The molecule has 0 aliphatic heterocycles. The minimum Gasteiger partial charge on any atom is -0.481 e. The molecule has 0 bridgehead atoms. The van der Waals surface area contributed by atoms with Gasteiger partial charge in [-0.3, -0.25) is 14.6 Å². The lowest BCUT2D eigenvalue weighted by Crippen LogP contribution is -2.19. The molecule has 3 aromatic heterocycles. The van der Waals surface area contributed by atoms with E-state index in [9.17, 15) is 18.4 Å². The number of rotatable bonds is 7. The SMILES string of the molecule is Cc1nc(-c2onc(C)c2Nc2cncc(-c3ccccc3)n2)ccc1NC(=O)[C@@H]1[C@@H](C(=O)O)C1(F)F. The largest absolute Gasteiger partial charge is 0.481 e. The number of carbonyl (C=O) groups is 2. The summed E-state index contributed by atoms with van der Waals surface area (Å²) < 4.78 is 32.9. The van der Waals surface area contributed by atoms with E-state index in [1.54, 1.807) is 26.2 Å². The summed E-state index contributed by atoms with van der Waals surface area (Å²) in [4.78, 5) is 36.5. The Labute approximate surface area is 208 Å². The number of carboxylic acids is 1. The zero-order valence-corrected chi connectivity index (χ0v) is 19.6. The minimum atomic E-state index is -3.59. The summed E-state index contributed by atoms with van der Waals surface area (Å²) in [6.07, 6.45) is 3.20. The first-order valence-electron chi connectivity index (χ1n) is 11.2. The Morgan fingerprint density at radius 3 is 2.41 bits per heavy atom. The number of nitrogens with zero attached hydrogens (tertiary/aromatic N) is 4. The molecule has 0 saturated heterocycles. The molecule has 1 saturated carbocycles. The van der Waals surface area contributed by atoms with Gasteiger partial charge in [0, 0.05) is 5.56 Å². The quantitative estimate of drug-likeness (QED) is 0.331. The fraction of sp³-hybridized carbons (Fsp3) is 0.200. The van der Waals surface area contributed by atoms with E-state index in [4.69, 9.17) is 9.63 Å². The molecule has 12 heteroatoms. The van der Waals surface area contributed by atoms with Gasteiger partial charge in [-0.15, -0.1) is 0 Å². The molecule has 1 aliphatic rings. The fourth-order valence-electron chi connectivity index (χ4n) is 3.98. The average Bonchev–Trinajstić information content (AvgIpc) is 3.30. The molecular weight excluding hydrogens is 486 g/mol. The third-order valence-electron chi connectivity index (χ3n) is 6.00. The van der Waals surface area contributed by atoms with Crippen LogP contribution < -0.4 is 10.6 Å². The number of amides is 1. The summed E-state index contributed by atoms with van der Waals surface area (Å²) in [5.41, 5.74) is 3.46. The zero-order chi connectivity index (χ0) is 26.3. The number of hydrogen-bond donors (Lipinski definition) is 3. The summed E-state index contributed by atoms with van der Waals surface area (Å²) in [7, 11) is 0. The topological polar surface area (TPSA) is 143 Å². The van der Waals surface area contributed by atoms with Crippen molar-refractivity contribution in [2.45, 2.75) is 19.8 Å². The number of alkyl halides is 2. The van der Waals surface area contributed by atoms with Gasteiger partial charge >= 0.3 is 5.97 Å². The summed E-state index contributed by atoms with van der Waals surface area (Å²) in [5.74, 6) is -9.59. The molecule has 1 aromatic carbocycles. The van der Waals surface area contributed by atoms with Crippen molar-refractivity contribution in [2.75, 3.05) is 10.6 Å². The van der Waals surface area contributed by atoms with Crippen molar-refractivity contribution in [1.29, 1.82) is 0 Å².